The number of carbonyl (C=O) groups is 1. The number of nitrogens with zero attached hydrogens (tertiary/aromatic N) is 1. The molecular formula is C4H6N2O2S. The van der Waals surface area contributed by atoms with Crippen LogP contribution in [0.4, 0.5) is 0 Å². The molecule has 0 unspecified atom stereocenters. The first-order chi connectivity index (χ1) is 4.24. The van der Waals surface area contributed by atoms with Gasteiger partial charge in [-0.1, -0.05) is 0 Å². The van der Waals surface area contributed by atoms with E-state index in [0.717, 1.165) is 0 Å². The first kappa shape index (κ1) is 6.44. The van der Waals surface area contributed by atoms with Gasteiger partial charge < -0.3 is 15.3 Å². The molecule has 0 bridgehead atoms. The molecule has 0 aromatic rings. The quantitative estimate of drug-likeness (QED) is 0.449. The SMILES string of the molecule is O=C1CN(CO)C(=S)N1. The number of hydrogen-bond donors (Lipinski definition) is 2. The Balaban J connectivity index is 2.58. The van der Waals surface area contributed by atoms with Gasteiger partial charge in [0, 0.05) is 0 Å². The van der Waals surface area contributed by atoms with Gasteiger partial charge in [0.1, 0.15) is 13.3 Å². The third-order valence-electron chi connectivity index (χ3n) is 1.04. The Morgan fingerprint density at radius 2 is 2.56 bits per heavy atom. The van der Waals surface area contributed by atoms with Gasteiger partial charge in [-0.3, -0.25) is 4.79 Å². The normalized spacial score (nSPS) is 18.6. The molecule has 2 N–H and O–H groups in total. The standard InChI is InChI=1S/C4H6N2O2S/c7-2-6-1-3(8)5-4(6)9/h7H,1-2H2,(H,5,8,9). The Labute approximate surface area is 57.5 Å². The molecule has 9 heavy (non-hydrogen) atoms. The molecule has 0 atom stereocenters. The van der Waals surface area contributed by atoms with E-state index in [1.807, 2.05) is 0 Å². The van der Waals surface area contributed by atoms with Gasteiger partial charge in [-0.25, -0.2) is 0 Å². The van der Waals surface area contributed by atoms with E-state index >= 15 is 0 Å². The molecule has 50 valence electrons. The zero-order valence-corrected chi connectivity index (χ0v) is 5.44. The topological polar surface area (TPSA) is 52.6 Å². The number of carbonyl (C=O) groups excluding carboxylic acids is 1. The maximum absolute atomic E-state index is 10.5. The van der Waals surface area contributed by atoms with Crippen molar-refractivity contribution in [1.82, 2.24) is 10.2 Å². The largest absolute Gasteiger partial charge is 0.376 e. The molecular weight excluding hydrogens is 140 g/mol. The van der Waals surface area contributed by atoms with Crippen LogP contribution >= 0.6 is 12.2 Å². The molecule has 5 heteroatoms. The average Bonchev–Trinajstić information content (AvgIpc) is 2.10. The van der Waals surface area contributed by atoms with Gasteiger partial charge in [0.05, 0.1) is 0 Å². The number of rotatable bonds is 1. The van der Waals surface area contributed by atoms with Crippen molar-refractivity contribution >= 4 is 23.2 Å². The summed E-state index contributed by atoms with van der Waals surface area (Å²) in [6, 6.07) is 0. The van der Waals surface area contributed by atoms with Crippen molar-refractivity contribution in [2.75, 3.05) is 13.3 Å². The number of aliphatic hydroxyl groups is 1. The van der Waals surface area contributed by atoms with E-state index in [1.165, 1.54) is 4.90 Å². The van der Waals surface area contributed by atoms with Crippen LogP contribution in [0.5, 0.6) is 0 Å². The molecule has 1 aliphatic heterocycles. The summed E-state index contributed by atoms with van der Waals surface area (Å²) in [6.45, 7) is -0.0209. The van der Waals surface area contributed by atoms with Gasteiger partial charge in [0.25, 0.3) is 0 Å². The zero-order valence-electron chi connectivity index (χ0n) is 4.63. The van der Waals surface area contributed by atoms with E-state index in [-0.39, 0.29) is 19.2 Å². The predicted molar refractivity (Wildman–Crippen MR) is 34.5 cm³/mol. The summed E-state index contributed by atoms with van der Waals surface area (Å²) in [5.41, 5.74) is 0. The highest BCUT2D eigenvalue weighted by Crippen LogP contribution is 1.94. The van der Waals surface area contributed by atoms with Crippen molar-refractivity contribution in [2.45, 2.75) is 0 Å². The van der Waals surface area contributed by atoms with Crippen molar-refractivity contribution in [3.05, 3.63) is 0 Å². The fraction of sp³-hybridized carbons (Fsp3) is 0.500. The first-order valence-corrected chi connectivity index (χ1v) is 2.84. The second-order valence-electron chi connectivity index (χ2n) is 1.69. The summed E-state index contributed by atoms with van der Waals surface area (Å²) in [4.78, 5) is 11.8. The van der Waals surface area contributed by atoms with E-state index in [2.05, 4.69) is 17.5 Å². The van der Waals surface area contributed by atoms with Crippen molar-refractivity contribution in [3.63, 3.8) is 0 Å². The molecule has 0 aliphatic carbocycles. The molecule has 0 aromatic heterocycles. The van der Waals surface area contributed by atoms with Crippen LogP contribution in [0, 0.1) is 0 Å². The second-order valence-corrected chi connectivity index (χ2v) is 2.08. The maximum atomic E-state index is 10.5. The third kappa shape index (κ3) is 1.17. The highest BCUT2D eigenvalue weighted by molar-refractivity contribution is 7.80. The van der Waals surface area contributed by atoms with Crippen molar-refractivity contribution in [3.8, 4) is 0 Å². The maximum Gasteiger partial charge on any atom is 0.245 e. The van der Waals surface area contributed by atoms with Gasteiger partial charge >= 0.3 is 0 Å². The minimum absolute atomic E-state index is 0.158. The highest BCUT2D eigenvalue weighted by Gasteiger charge is 2.21. The van der Waals surface area contributed by atoms with Crippen molar-refractivity contribution in [1.29, 1.82) is 0 Å². The Bertz CT molecular complexity index is 159. The monoisotopic (exact) mass is 146 g/mol. The minimum atomic E-state index is -0.197. The van der Waals surface area contributed by atoms with Gasteiger partial charge in [-0.2, -0.15) is 0 Å². The second kappa shape index (κ2) is 2.28. The molecule has 1 heterocycles. The molecule has 0 saturated carbocycles. The van der Waals surface area contributed by atoms with E-state index < -0.39 is 0 Å². The highest BCUT2D eigenvalue weighted by atomic mass is 32.1. The van der Waals surface area contributed by atoms with Crippen LogP contribution in [0.3, 0.4) is 0 Å². The van der Waals surface area contributed by atoms with Crippen LogP contribution < -0.4 is 5.32 Å². The summed E-state index contributed by atoms with van der Waals surface area (Å²) < 4.78 is 0. The lowest BCUT2D eigenvalue weighted by Gasteiger charge is -2.08. The van der Waals surface area contributed by atoms with Crippen LogP contribution in [0.15, 0.2) is 0 Å². The number of hydrogen-bond acceptors (Lipinski definition) is 3. The zero-order chi connectivity index (χ0) is 6.85. The minimum Gasteiger partial charge on any atom is -0.376 e. The summed E-state index contributed by atoms with van der Waals surface area (Å²) >= 11 is 4.65. The van der Waals surface area contributed by atoms with Crippen LogP contribution in [0.1, 0.15) is 0 Å². The fourth-order valence-electron chi connectivity index (χ4n) is 0.597. The van der Waals surface area contributed by atoms with Crippen LogP contribution in [-0.4, -0.2) is 34.3 Å². The summed E-state index contributed by atoms with van der Waals surface area (Å²) in [5.74, 6) is -0.158. The lowest BCUT2D eigenvalue weighted by molar-refractivity contribution is -0.118. The first-order valence-electron chi connectivity index (χ1n) is 2.43. The molecule has 1 fully saturated rings. The Kier molecular flexibility index (Phi) is 1.63. The Morgan fingerprint density at radius 1 is 1.89 bits per heavy atom. The number of aliphatic hydroxyl groups excluding tert-OH is 1. The smallest absolute Gasteiger partial charge is 0.245 e. The van der Waals surface area contributed by atoms with Gasteiger partial charge in [-0.05, 0) is 12.2 Å². The summed E-state index contributed by atoms with van der Waals surface area (Å²) in [7, 11) is 0. The lowest BCUT2D eigenvalue weighted by atomic mass is 10.6. The van der Waals surface area contributed by atoms with Crippen molar-refractivity contribution in [2.24, 2.45) is 0 Å². The van der Waals surface area contributed by atoms with E-state index in [1.54, 1.807) is 0 Å². The Hall–Kier alpha value is -0.680. The number of nitrogens with one attached hydrogen (secondary N) is 1. The molecule has 1 amide bonds. The number of thiocarbonyl (C=S) groups is 1. The number of amides is 1. The van der Waals surface area contributed by atoms with E-state index in [4.69, 9.17) is 5.11 Å². The Morgan fingerprint density at radius 3 is 2.78 bits per heavy atom. The fourth-order valence-corrected chi connectivity index (χ4v) is 0.833. The van der Waals surface area contributed by atoms with Crippen LogP contribution in [0.25, 0.3) is 0 Å². The lowest BCUT2D eigenvalue weighted by Crippen LogP contribution is -2.28. The van der Waals surface area contributed by atoms with Crippen LogP contribution in [-0.2, 0) is 4.79 Å². The van der Waals surface area contributed by atoms with E-state index in [0.29, 0.717) is 5.11 Å². The molecule has 0 spiro atoms. The van der Waals surface area contributed by atoms with Crippen LogP contribution in [0.2, 0.25) is 0 Å². The molecule has 1 aliphatic rings. The predicted octanol–water partition coefficient (Wildman–Crippen LogP) is -1.35. The molecule has 0 aromatic carbocycles. The average molecular weight is 146 g/mol. The third-order valence-corrected chi connectivity index (χ3v) is 1.40. The summed E-state index contributed by atoms with van der Waals surface area (Å²) in [6.07, 6.45) is 0. The summed E-state index contributed by atoms with van der Waals surface area (Å²) in [5, 5.41) is 11.2. The molecule has 0 radical (unpaired) electrons. The van der Waals surface area contributed by atoms with Gasteiger partial charge in [0.2, 0.25) is 5.91 Å². The molecule has 1 rings (SSSR count). The molecule has 1 saturated heterocycles. The molecule has 4 nitrogen and oxygen atoms in total. The van der Waals surface area contributed by atoms with Gasteiger partial charge in [-0.15, -0.1) is 0 Å². The van der Waals surface area contributed by atoms with Crippen molar-refractivity contribution < 1.29 is 9.90 Å². The van der Waals surface area contributed by atoms with Gasteiger partial charge in [0.15, 0.2) is 5.11 Å². The van der Waals surface area contributed by atoms with E-state index in [9.17, 15) is 4.79 Å².